The summed E-state index contributed by atoms with van der Waals surface area (Å²) in [7, 11) is 1.71. The van der Waals surface area contributed by atoms with Crippen molar-refractivity contribution < 1.29 is 4.39 Å². The first-order valence-electron chi connectivity index (χ1n) is 7.28. The third-order valence-electron chi connectivity index (χ3n) is 3.15. The number of guanidine groups is 1. The van der Waals surface area contributed by atoms with Crippen LogP contribution in [0, 0.1) is 12.7 Å². The van der Waals surface area contributed by atoms with E-state index in [1.165, 1.54) is 6.07 Å². The van der Waals surface area contributed by atoms with E-state index in [0.29, 0.717) is 18.1 Å². The Kier molecular flexibility index (Phi) is 9.08. The smallest absolute Gasteiger partial charge is 0.191 e. The van der Waals surface area contributed by atoms with Crippen molar-refractivity contribution in [3.8, 4) is 0 Å². The number of thiazole rings is 1. The maximum Gasteiger partial charge on any atom is 0.191 e. The Morgan fingerprint density at radius 2 is 2.09 bits per heavy atom. The topological polar surface area (TPSA) is 49.3 Å². The summed E-state index contributed by atoms with van der Waals surface area (Å²) in [5, 5.41) is 9.57. The van der Waals surface area contributed by atoms with E-state index in [2.05, 4.69) is 26.0 Å². The van der Waals surface area contributed by atoms with Gasteiger partial charge in [0, 0.05) is 43.2 Å². The van der Waals surface area contributed by atoms with E-state index in [9.17, 15) is 4.39 Å². The molecule has 0 spiro atoms. The third-order valence-corrected chi connectivity index (χ3v) is 4.18. The highest BCUT2D eigenvalue weighted by molar-refractivity contribution is 14.0. The highest BCUT2D eigenvalue weighted by atomic mass is 127. The summed E-state index contributed by atoms with van der Waals surface area (Å²) in [4.78, 5) is 8.58. The number of nitrogens with zero attached hydrogens (tertiary/aromatic N) is 2. The van der Waals surface area contributed by atoms with Crippen molar-refractivity contribution in [1.29, 1.82) is 0 Å². The molecule has 2 N–H and O–H groups in total. The maximum atomic E-state index is 13.5. The number of aryl methyl sites for hydroxylation is 2. The Morgan fingerprint density at radius 3 is 2.74 bits per heavy atom. The zero-order valence-electron chi connectivity index (χ0n) is 13.3. The van der Waals surface area contributed by atoms with Gasteiger partial charge in [0.2, 0.25) is 0 Å². The summed E-state index contributed by atoms with van der Waals surface area (Å²) >= 11 is 1.70. The second-order valence-corrected chi connectivity index (χ2v) is 5.87. The molecule has 0 aliphatic carbocycles. The lowest BCUT2D eigenvalue weighted by Gasteiger charge is -2.12. The lowest BCUT2D eigenvalue weighted by Crippen LogP contribution is -2.37. The normalized spacial score (nSPS) is 11.0. The van der Waals surface area contributed by atoms with Crippen molar-refractivity contribution in [2.45, 2.75) is 26.3 Å². The van der Waals surface area contributed by atoms with Crippen LogP contribution >= 0.6 is 35.3 Å². The minimum atomic E-state index is -0.204. The quantitative estimate of drug-likeness (QED) is 0.308. The molecule has 0 radical (unpaired) electrons. The standard InChI is InChI=1S/C16H21FN4S.HI/c1-12-11-22-15(21-12)8-5-9-19-16(18-2)20-10-13-6-3-4-7-14(13)17;/h3-4,6-7,11H,5,8-10H2,1-2H3,(H2,18,19,20);1H. The molecule has 0 atom stereocenters. The molecule has 0 aliphatic heterocycles. The molecule has 1 aromatic carbocycles. The largest absolute Gasteiger partial charge is 0.356 e. The number of halogens is 2. The number of benzene rings is 1. The third kappa shape index (κ3) is 6.82. The zero-order chi connectivity index (χ0) is 15.8. The lowest BCUT2D eigenvalue weighted by atomic mass is 10.2. The average molecular weight is 448 g/mol. The molecule has 23 heavy (non-hydrogen) atoms. The van der Waals surface area contributed by atoms with Gasteiger partial charge in [0.05, 0.1) is 5.01 Å². The first-order chi connectivity index (χ1) is 10.7. The summed E-state index contributed by atoms with van der Waals surface area (Å²) < 4.78 is 13.5. The molecule has 4 nitrogen and oxygen atoms in total. The van der Waals surface area contributed by atoms with E-state index < -0.39 is 0 Å². The molecular weight excluding hydrogens is 426 g/mol. The van der Waals surface area contributed by atoms with Gasteiger partial charge in [-0.05, 0) is 19.4 Å². The number of hydrogen-bond donors (Lipinski definition) is 2. The second-order valence-electron chi connectivity index (χ2n) is 4.93. The van der Waals surface area contributed by atoms with Crippen LogP contribution in [0.3, 0.4) is 0 Å². The van der Waals surface area contributed by atoms with E-state index >= 15 is 0 Å². The van der Waals surface area contributed by atoms with Crippen LogP contribution < -0.4 is 10.6 Å². The number of nitrogens with one attached hydrogen (secondary N) is 2. The van der Waals surface area contributed by atoms with Crippen molar-refractivity contribution in [1.82, 2.24) is 15.6 Å². The molecule has 0 unspecified atom stereocenters. The SMILES string of the molecule is CN=C(NCCCc1nc(C)cs1)NCc1ccccc1F.I. The predicted molar refractivity (Wildman–Crippen MR) is 105 cm³/mol. The minimum Gasteiger partial charge on any atom is -0.356 e. The minimum absolute atomic E-state index is 0. The number of hydrogen-bond acceptors (Lipinski definition) is 3. The average Bonchev–Trinajstić information content (AvgIpc) is 2.93. The van der Waals surface area contributed by atoms with Gasteiger partial charge in [0.15, 0.2) is 5.96 Å². The Hall–Kier alpha value is -1.22. The molecule has 0 amide bonds. The van der Waals surface area contributed by atoms with Gasteiger partial charge < -0.3 is 10.6 Å². The highest BCUT2D eigenvalue weighted by Crippen LogP contribution is 2.10. The number of rotatable bonds is 6. The number of aliphatic imine (C=N–C) groups is 1. The molecule has 0 saturated heterocycles. The van der Waals surface area contributed by atoms with Crippen molar-refractivity contribution in [2.24, 2.45) is 4.99 Å². The van der Waals surface area contributed by atoms with E-state index in [4.69, 9.17) is 0 Å². The number of aromatic nitrogens is 1. The lowest BCUT2D eigenvalue weighted by molar-refractivity contribution is 0.604. The summed E-state index contributed by atoms with van der Waals surface area (Å²) in [5.41, 5.74) is 1.71. The van der Waals surface area contributed by atoms with Crippen LogP contribution in [-0.2, 0) is 13.0 Å². The summed E-state index contributed by atoms with van der Waals surface area (Å²) in [6, 6.07) is 6.74. The van der Waals surface area contributed by atoms with E-state index in [1.54, 1.807) is 30.5 Å². The van der Waals surface area contributed by atoms with Gasteiger partial charge in [-0.25, -0.2) is 9.37 Å². The monoisotopic (exact) mass is 448 g/mol. The Morgan fingerprint density at radius 1 is 1.30 bits per heavy atom. The zero-order valence-corrected chi connectivity index (χ0v) is 16.5. The molecule has 126 valence electrons. The molecule has 0 bridgehead atoms. The van der Waals surface area contributed by atoms with Crippen LogP contribution in [-0.4, -0.2) is 24.5 Å². The first kappa shape index (κ1) is 19.8. The van der Waals surface area contributed by atoms with E-state index in [1.807, 2.05) is 13.0 Å². The van der Waals surface area contributed by atoms with Crippen LogP contribution in [0.2, 0.25) is 0 Å². The summed E-state index contributed by atoms with van der Waals surface area (Å²) in [6.45, 7) is 3.22. The molecule has 2 aromatic rings. The summed E-state index contributed by atoms with van der Waals surface area (Å²) in [6.07, 6.45) is 1.93. The first-order valence-corrected chi connectivity index (χ1v) is 8.16. The molecular formula is C16H22FIN4S. The van der Waals surface area contributed by atoms with Gasteiger partial charge in [0.25, 0.3) is 0 Å². The van der Waals surface area contributed by atoms with E-state index in [-0.39, 0.29) is 29.8 Å². The van der Waals surface area contributed by atoms with Crippen LogP contribution in [0.1, 0.15) is 22.7 Å². The van der Waals surface area contributed by atoms with Gasteiger partial charge in [-0.3, -0.25) is 4.99 Å². The molecule has 1 aromatic heterocycles. The molecule has 7 heteroatoms. The Balaban J connectivity index is 0.00000264. The van der Waals surface area contributed by atoms with Gasteiger partial charge in [-0.15, -0.1) is 35.3 Å². The van der Waals surface area contributed by atoms with Crippen molar-refractivity contribution in [3.05, 3.63) is 51.7 Å². The molecule has 2 rings (SSSR count). The van der Waals surface area contributed by atoms with Crippen molar-refractivity contribution in [2.75, 3.05) is 13.6 Å². The van der Waals surface area contributed by atoms with Gasteiger partial charge in [-0.1, -0.05) is 18.2 Å². The van der Waals surface area contributed by atoms with Crippen LogP contribution in [0.5, 0.6) is 0 Å². The van der Waals surface area contributed by atoms with Crippen LogP contribution in [0.15, 0.2) is 34.6 Å². The summed E-state index contributed by atoms with van der Waals surface area (Å²) in [5.74, 6) is 0.475. The predicted octanol–water partition coefficient (Wildman–Crippen LogP) is 3.51. The Labute approximate surface area is 157 Å². The van der Waals surface area contributed by atoms with Gasteiger partial charge in [0.1, 0.15) is 5.82 Å². The van der Waals surface area contributed by atoms with Crippen LogP contribution in [0.25, 0.3) is 0 Å². The molecule has 0 fully saturated rings. The van der Waals surface area contributed by atoms with Gasteiger partial charge in [-0.2, -0.15) is 0 Å². The Bertz CT molecular complexity index is 630. The fraction of sp³-hybridized carbons (Fsp3) is 0.375. The van der Waals surface area contributed by atoms with Crippen molar-refractivity contribution >= 4 is 41.3 Å². The fourth-order valence-electron chi connectivity index (χ4n) is 2.01. The van der Waals surface area contributed by atoms with Crippen LogP contribution in [0.4, 0.5) is 4.39 Å². The fourth-order valence-corrected chi connectivity index (χ4v) is 2.82. The van der Waals surface area contributed by atoms with Gasteiger partial charge >= 0.3 is 0 Å². The van der Waals surface area contributed by atoms with E-state index in [0.717, 1.165) is 30.1 Å². The maximum absolute atomic E-state index is 13.5. The highest BCUT2D eigenvalue weighted by Gasteiger charge is 2.03. The molecule has 0 saturated carbocycles. The molecule has 1 heterocycles. The molecule has 0 aliphatic rings. The van der Waals surface area contributed by atoms with Crippen molar-refractivity contribution in [3.63, 3.8) is 0 Å². The second kappa shape index (κ2) is 10.5.